The number of ketones is 3. The molecule has 0 radical (unpaired) electrons. The number of hydrogen-bond acceptors (Lipinski definition) is 23. The average Bonchev–Trinajstić information content (AvgIpc) is 0.774. The van der Waals surface area contributed by atoms with E-state index in [2.05, 4.69) is 20.2 Å². The summed E-state index contributed by atoms with van der Waals surface area (Å²) in [5.74, 6) is -7.47. The predicted molar refractivity (Wildman–Crippen MR) is 375 cm³/mol. The van der Waals surface area contributed by atoms with Crippen molar-refractivity contribution in [1.29, 1.82) is 0 Å². The van der Waals surface area contributed by atoms with Crippen molar-refractivity contribution in [3.05, 3.63) is 65.6 Å². The first-order chi connectivity index (χ1) is 48.2. The van der Waals surface area contributed by atoms with Gasteiger partial charge in [0.1, 0.15) is 36.2 Å². The number of piperidine rings is 1. The number of esters is 1. The minimum Gasteiger partial charge on any atom is -0.459 e. The van der Waals surface area contributed by atoms with Crippen molar-refractivity contribution in [3.63, 3.8) is 0 Å². The molecule has 16 atom stereocenters. The average molecular weight is 1420 g/mol. The molecule has 4 saturated heterocycles. The van der Waals surface area contributed by atoms with Gasteiger partial charge in [0.2, 0.25) is 23.5 Å². The molecule has 27 heteroatoms. The Morgan fingerprint density at radius 2 is 1.42 bits per heavy atom. The van der Waals surface area contributed by atoms with Gasteiger partial charge in [-0.25, -0.2) is 19.6 Å². The van der Waals surface area contributed by atoms with Crippen LogP contribution in [0.5, 0.6) is 0 Å². The summed E-state index contributed by atoms with van der Waals surface area (Å²) in [6.07, 6.45) is 11.8. The first-order valence-corrected chi connectivity index (χ1v) is 36.5. The number of hydrogen-bond donors (Lipinski definition) is 5. The Kier molecular flexibility index (Phi) is 32.5. The fourth-order valence-electron chi connectivity index (χ4n) is 14.6. The highest BCUT2D eigenvalue weighted by Gasteiger charge is 2.53. The lowest BCUT2D eigenvalue weighted by atomic mass is 9.80. The number of aromatic nitrogens is 2. The van der Waals surface area contributed by atoms with Crippen LogP contribution in [-0.4, -0.2) is 259 Å². The Bertz CT molecular complexity index is 3020. The monoisotopic (exact) mass is 1420 g/mol. The van der Waals surface area contributed by atoms with Gasteiger partial charge in [0, 0.05) is 161 Å². The smallest absolute Gasteiger partial charge is 0.407 e. The second kappa shape index (κ2) is 40.0. The molecule has 27 nitrogen and oxygen atoms in total. The Hall–Kier alpha value is -6.40. The number of carbonyl (C=O) groups excluding carboxylic acids is 8. The van der Waals surface area contributed by atoms with Gasteiger partial charge < -0.3 is 83.9 Å². The van der Waals surface area contributed by atoms with Crippen molar-refractivity contribution >= 4 is 53.1 Å². The largest absolute Gasteiger partial charge is 0.459 e. The van der Waals surface area contributed by atoms with E-state index in [0.29, 0.717) is 134 Å². The van der Waals surface area contributed by atoms with E-state index in [-0.39, 0.29) is 81.0 Å². The molecule has 2 bridgehead atoms. The quantitative estimate of drug-likeness (QED) is 0.0529. The van der Waals surface area contributed by atoms with Gasteiger partial charge in [-0.3, -0.25) is 28.9 Å². The molecule has 6 N–H and O–H groups in total. The Balaban J connectivity index is 0.941. The Morgan fingerprint density at radius 1 is 0.733 bits per heavy atom. The molecule has 5 fully saturated rings. The van der Waals surface area contributed by atoms with Gasteiger partial charge in [-0.15, -0.1) is 0 Å². The van der Waals surface area contributed by atoms with E-state index in [9.17, 15) is 53.7 Å². The van der Waals surface area contributed by atoms with E-state index in [1.54, 1.807) is 53.5 Å². The van der Waals surface area contributed by atoms with Gasteiger partial charge in [0.15, 0.2) is 5.78 Å². The topological polar surface area (TPSA) is 342 Å². The zero-order chi connectivity index (χ0) is 73.5. The molecule has 0 spiro atoms. The Labute approximate surface area is 596 Å². The summed E-state index contributed by atoms with van der Waals surface area (Å²) in [6.45, 7) is 18.6. The highest BCUT2D eigenvalue weighted by molar-refractivity contribution is 6.39. The lowest BCUT2D eigenvalue weighted by molar-refractivity contribution is -0.265. The third-order valence-corrected chi connectivity index (χ3v) is 21.2. The maximum Gasteiger partial charge on any atom is 0.407 e. The highest BCUT2D eigenvalue weighted by atomic mass is 16.6. The standard InChI is InChI=1S/C74H115N9O18/c1-47-16-12-11-13-17-48(2)60(95-8)42-56-22-19-52(6)74(94,101-56)69(90)70(91)83-26-15-14-18-58(83)71(92)99-62(43-61(96-9)49(3)39-51(5)67(88)68(89)66(87)50(4)38-47)57(75)40-54-21-23-59(63(41-54)97-10)100-73(93)78-46-55-44-76-72(77-45-55)82-33-31-81(32-34-82)65(86)25-36-98-37-35-79-27-29-80(30-28-79)64(85)24-20-53(7)84/h11-13,16-17,39,44-45,47,49-50,52,54,56-63,67-68,88-89,94H,14-15,18-38,40-43,46,75H2,1-10H3,(H,78,93)/b13-11?,16-12+,48-17?,51-39+/t47-,49-,50-,52-,54+,56+,57-,58+,59-,60+,61-,62+,63-,67-,68+,74-/m1/s1. The number of ether oxygens (including phenoxy) is 7. The number of rotatable bonds is 19. The van der Waals surface area contributed by atoms with Crippen molar-refractivity contribution in [2.24, 2.45) is 35.3 Å². The summed E-state index contributed by atoms with van der Waals surface area (Å²) in [5, 5.41) is 37.7. The van der Waals surface area contributed by atoms with Gasteiger partial charge >= 0.3 is 12.1 Å². The summed E-state index contributed by atoms with van der Waals surface area (Å²) in [7, 11) is 4.60. The first kappa shape index (κ1) is 81.9. The minimum absolute atomic E-state index is 0.0131. The number of anilines is 1. The molecule has 0 unspecified atom stereocenters. The van der Waals surface area contributed by atoms with Crippen molar-refractivity contribution in [2.45, 2.75) is 218 Å². The van der Waals surface area contributed by atoms with Crippen LogP contribution in [0.2, 0.25) is 0 Å². The number of amides is 4. The fourth-order valence-corrected chi connectivity index (χ4v) is 14.6. The summed E-state index contributed by atoms with van der Waals surface area (Å²) >= 11 is 0. The molecule has 1 aromatic heterocycles. The number of fused-ring (bicyclic) bond motifs is 3. The molecule has 5 aliphatic heterocycles. The van der Waals surface area contributed by atoms with Crippen LogP contribution in [0.25, 0.3) is 0 Å². The number of Topliss-reactive ketones (excluding diaryl/α,β-unsaturated/α-hetero) is 3. The summed E-state index contributed by atoms with van der Waals surface area (Å²) < 4.78 is 42.3. The number of aliphatic hydroxyl groups is 3. The molecular weight excluding hydrogens is 1300 g/mol. The van der Waals surface area contributed by atoms with E-state index in [1.165, 1.54) is 18.9 Å². The van der Waals surface area contributed by atoms with E-state index in [4.69, 9.17) is 38.9 Å². The Morgan fingerprint density at radius 3 is 2.09 bits per heavy atom. The van der Waals surface area contributed by atoms with Crippen molar-refractivity contribution in [3.8, 4) is 0 Å². The maximum atomic E-state index is 14.8. The lowest BCUT2D eigenvalue weighted by Crippen LogP contribution is -2.61. The molecule has 0 aromatic carbocycles. The second-order valence-corrected chi connectivity index (χ2v) is 28.8. The molecule has 7 rings (SSSR count). The number of alkyl carbamates (subject to hydrolysis) is 1. The molecule has 564 valence electrons. The van der Waals surface area contributed by atoms with Gasteiger partial charge in [0.25, 0.3) is 11.7 Å². The van der Waals surface area contributed by atoms with Crippen molar-refractivity contribution < 1.29 is 86.8 Å². The predicted octanol–water partition coefficient (Wildman–Crippen LogP) is 4.96. The van der Waals surface area contributed by atoms with E-state index < -0.39 is 114 Å². The molecule has 101 heavy (non-hydrogen) atoms. The van der Waals surface area contributed by atoms with E-state index in [0.717, 1.165) is 18.7 Å². The van der Waals surface area contributed by atoms with Gasteiger partial charge in [-0.05, 0) is 108 Å². The number of cyclic esters (lactones) is 1. The molecular formula is C74H115N9O18. The summed E-state index contributed by atoms with van der Waals surface area (Å²) in [6, 6.07) is -2.04. The maximum absolute atomic E-state index is 14.8. The van der Waals surface area contributed by atoms with Gasteiger partial charge in [-0.1, -0.05) is 64.2 Å². The number of allylic oxidation sites excluding steroid dienone is 5. The third kappa shape index (κ3) is 23.8. The second-order valence-electron chi connectivity index (χ2n) is 28.8. The van der Waals surface area contributed by atoms with E-state index >= 15 is 0 Å². The lowest BCUT2D eigenvalue weighted by Gasteiger charge is -2.43. The van der Waals surface area contributed by atoms with Crippen molar-refractivity contribution in [1.82, 2.24) is 34.9 Å². The van der Waals surface area contributed by atoms with E-state index in [1.807, 2.05) is 65.9 Å². The molecule has 6 aliphatic rings. The zero-order valence-electron chi connectivity index (χ0n) is 61.3. The van der Waals surface area contributed by atoms with Crippen molar-refractivity contribution in [2.75, 3.05) is 105 Å². The van der Waals surface area contributed by atoms with Gasteiger partial charge in [0.05, 0.1) is 44.1 Å². The SMILES string of the molecule is CO[C@H]1C[C@@H]2CC[C@@H](C)[C@@](O)(O2)C(=O)C(=O)N2CCCC[C@H]2C(=O)O[C@H]([C@H](N)C[C@@H]2CC[C@@H](OC(=O)NCc3cnc(N4CCN(C(=O)CCOCCN5CCN(C(=O)CCC(C)=O)CC5)CC4)nc3)[C@H](OC)C2)C[C@@H](OC)[C@H](C)/C=C(\C)[C@@H](O)[C@@H](O)C(=O)[C@H](C)C[C@H](C)/C=C/C=CC=C1C. The first-order valence-electron chi connectivity index (χ1n) is 36.5. The van der Waals surface area contributed by atoms with Gasteiger partial charge in [-0.2, -0.15) is 0 Å². The summed E-state index contributed by atoms with van der Waals surface area (Å²) in [5.41, 5.74) is 8.99. The van der Waals surface area contributed by atoms with Crippen LogP contribution in [0.1, 0.15) is 150 Å². The molecule has 6 heterocycles. The normalized spacial score (nSPS) is 32.0. The number of piperazine rings is 2. The molecule has 1 aliphatic carbocycles. The fraction of sp³-hybridized carbons (Fsp3) is 0.730. The number of nitrogens with zero attached hydrogens (tertiary/aromatic N) is 7. The number of nitrogens with one attached hydrogen (secondary N) is 1. The third-order valence-electron chi connectivity index (χ3n) is 21.2. The van der Waals surface area contributed by atoms with Crippen LogP contribution in [-0.2, 0) is 73.3 Å². The zero-order valence-corrected chi connectivity index (χ0v) is 61.3. The van der Waals surface area contributed by atoms with Crippen LogP contribution >= 0.6 is 0 Å². The van der Waals surface area contributed by atoms with Crippen LogP contribution in [0.4, 0.5) is 10.7 Å². The summed E-state index contributed by atoms with van der Waals surface area (Å²) in [4.78, 5) is 126. The minimum atomic E-state index is -2.48. The number of carbonyl (C=O) groups is 8. The number of aliphatic hydroxyl groups excluding tert-OH is 2. The molecule has 1 saturated carbocycles. The van der Waals surface area contributed by atoms with Crippen LogP contribution in [0, 0.1) is 29.6 Å². The number of nitrogens with two attached hydrogens (primary N) is 1. The highest BCUT2D eigenvalue weighted by Crippen LogP contribution is 2.38. The van der Waals surface area contributed by atoms with Crippen LogP contribution in [0.3, 0.4) is 0 Å². The molecule has 1 aromatic rings. The van der Waals surface area contributed by atoms with Crippen LogP contribution < -0.4 is 16.0 Å². The number of methoxy groups -OCH3 is 3. The van der Waals surface area contributed by atoms with Crippen LogP contribution in [0.15, 0.2) is 60.0 Å². The molecule has 4 amide bonds.